The van der Waals surface area contributed by atoms with Crippen LogP contribution in [0.5, 0.6) is 0 Å². The monoisotopic (exact) mass is 568 g/mol. The van der Waals surface area contributed by atoms with Crippen LogP contribution in [0.4, 0.5) is 0 Å². The van der Waals surface area contributed by atoms with Gasteiger partial charge in [-0.05, 0) is 45.2 Å². The molecule has 0 bridgehead atoms. The van der Waals surface area contributed by atoms with Crippen LogP contribution < -0.4 is 5.32 Å². The average molecular weight is 569 g/mol. The molecule has 3 heterocycles. The number of piperidine rings is 1. The molecule has 0 aromatic carbocycles. The summed E-state index contributed by atoms with van der Waals surface area (Å²) in [4.78, 5) is 9.52. The second-order valence-electron chi connectivity index (χ2n) is 8.27. The number of nitrogens with one attached hydrogen (secondary N) is 1. The van der Waals surface area contributed by atoms with Crippen LogP contribution in [0.2, 0.25) is 0 Å². The molecule has 11 heteroatoms. The number of nitrogens with zero attached hydrogens (tertiary/aromatic N) is 5. The van der Waals surface area contributed by atoms with E-state index in [1.54, 1.807) is 10.4 Å². The first kappa shape index (κ1) is 26.3. The van der Waals surface area contributed by atoms with Gasteiger partial charge in [0.15, 0.2) is 5.96 Å². The van der Waals surface area contributed by atoms with Gasteiger partial charge in [0.2, 0.25) is 10.0 Å². The zero-order valence-corrected chi connectivity index (χ0v) is 21.8. The lowest BCUT2D eigenvalue weighted by Gasteiger charge is -2.35. The SMILES string of the molecule is CCNC(=NCCCN1CCCC(C)C1)N1CCN(S(=O)(=O)Cc2ccon2)CC1.I. The Balaban J connectivity index is 0.00000341. The largest absolute Gasteiger partial charge is 0.364 e. The Morgan fingerprint density at radius 2 is 2.06 bits per heavy atom. The van der Waals surface area contributed by atoms with E-state index in [2.05, 4.69) is 34.1 Å². The first-order valence-corrected chi connectivity index (χ1v) is 12.7. The van der Waals surface area contributed by atoms with Crippen molar-refractivity contribution in [1.82, 2.24) is 24.6 Å². The summed E-state index contributed by atoms with van der Waals surface area (Å²) in [5.74, 6) is 1.57. The molecule has 2 aliphatic rings. The van der Waals surface area contributed by atoms with Crippen molar-refractivity contribution in [2.45, 2.75) is 38.9 Å². The number of guanidine groups is 1. The van der Waals surface area contributed by atoms with E-state index >= 15 is 0 Å². The summed E-state index contributed by atoms with van der Waals surface area (Å²) in [6.45, 7) is 11.7. The van der Waals surface area contributed by atoms with Gasteiger partial charge in [-0.15, -0.1) is 24.0 Å². The van der Waals surface area contributed by atoms with Crippen LogP contribution in [-0.4, -0.2) is 92.5 Å². The molecule has 3 rings (SSSR count). The lowest BCUT2D eigenvalue weighted by Crippen LogP contribution is -2.54. The van der Waals surface area contributed by atoms with Crippen molar-refractivity contribution in [1.29, 1.82) is 0 Å². The highest BCUT2D eigenvalue weighted by atomic mass is 127. The molecule has 1 aromatic heterocycles. The maximum Gasteiger partial charge on any atom is 0.220 e. The van der Waals surface area contributed by atoms with E-state index in [9.17, 15) is 8.42 Å². The van der Waals surface area contributed by atoms with Gasteiger partial charge in [0.1, 0.15) is 12.0 Å². The zero-order chi connectivity index (χ0) is 21.4. The minimum Gasteiger partial charge on any atom is -0.364 e. The van der Waals surface area contributed by atoms with Crippen LogP contribution in [0.15, 0.2) is 21.8 Å². The summed E-state index contributed by atoms with van der Waals surface area (Å²) in [6, 6.07) is 1.59. The van der Waals surface area contributed by atoms with E-state index < -0.39 is 10.0 Å². The fraction of sp³-hybridized carbons (Fsp3) is 0.800. The number of hydrogen-bond donors (Lipinski definition) is 1. The molecule has 2 saturated heterocycles. The van der Waals surface area contributed by atoms with Crippen molar-refractivity contribution in [2.75, 3.05) is 58.9 Å². The van der Waals surface area contributed by atoms with Crippen LogP contribution in [0, 0.1) is 5.92 Å². The van der Waals surface area contributed by atoms with Crippen molar-refractivity contribution in [3.05, 3.63) is 18.0 Å². The highest BCUT2D eigenvalue weighted by Gasteiger charge is 2.29. The van der Waals surface area contributed by atoms with Crippen LogP contribution in [0.1, 0.15) is 38.8 Å². The quantitative estimate of drug-likeness (QED) is 0.221. The fourth-order valence-electron chi connectivity index (χ4n) is 4.16. The number of sulfonamides is 1. The van der Waals surface area contributed by atoms with Gasteiger partial charge in [-0.3, -0.25) is 4.99 Å². The van der Waals surface area contributed by atoms with Gasteiger partial charge in [0.05, 0.1) is 5.69 Å². The Kier molecular flexibility index (Phi) is 11.0. The molecule has 9 nitrogen and oxygen atoms in total. The van der Waals surface area contributed by atoms with Gasteiger partial charge in [-0.1, -0.05) is 12.1 Å². The fourth-order valence-corrected chi connectivity index (χ4v) is 5.59. The highest BCUT2D eigenvalue weighted by molar-refractivity contribution is 14.0. The van der Waals surface area contributed by atoms with E-state index in [1.807, 2.05) is 0 Å². The normalized spacial score (nSPS) is 21.7. The Hall–Kier alpha value is -0.920. The molecule has 0 saturated carbocycles. The maximum atomic E-state index is 12.6. The number of aliphatic imine (C=N–C) groups is 1. The lowest BCUT2D eigenvalue weighted by molar-refractivity contribution is 0.183. The third kappa shape index (κ3) is 8.17. The number of likely N-dealkylation sites (tertiary alicyclic amines) is 1. The topological polar surface area (TPSA) is 94.3 Å². The number of hydrogen-bond acceptors (Lipinski definition) is 6. The Labute approximate surface area is 203 Å². The molecule has 1 aromatic rings. The van der Waals surface area contributed by atoms with Crippen molar-refractivity contribution >= 4 is 40.0 Å². The van der Waals surface area contributed by atoms with E-state index in [-0.39, 0.29) is 29.7 Å². The second-order valence-corrected chi connectivity index (χ2v) is 10.2. The first-order valence-electron chi connectivity index (χ1n) is 11.1. The number of halogens is 1. The van der Waals surface area contributed by atoms with Gasteiger partial charge in [0.25, 0.3) is 0 Å². The van der Waals surface area contributed by atoms with Crippen LogP contribution in [0.3, 0.4) is 0 Å². The standard InChI is InChI=1S/C20H36N6O3S.HI/c1-3-21-20(22-8-5-10-24-9-4-6-18(2)16-24)25-11-13-26(14-12-25)30(27,28)17-19-7-15-29-23-19;/h7,15,18H,3-6,8-14,16-17H2,1-2H3,(H,21,22);1H. The molecule has 1 unspecified atom stereocenters. The number of rotatable bonds is 8. The molecule has 2 fully saturated rings. The van der Waals surface area contributed by atoms with Crippen LogP contribution in [0.25, 0.3) is 0 Å². The first-order chi connectivity index (χ1) is 14.5. The smallest absolute Gasteiger partial charge is 0.220 e. The summed E-state index contributed by atoms with van der Waals surface area (Å²) < 4.78 is 31.5. The minimum atomic E-state index is -3.39. The molecule has 0 radical (unpaired) electrons. The average Bonchev–Trinajstić information content (AvgIpc) is 3.23. The Morgan fingerprint density at radius 3 is 2.71 bits per heavy atom. The summed E-state index contributed by atoms with van der Waals surface area (Å²) in [5.41, 5.74) is 0.440. The summed E-state index contributed by atoms with van der Waals surface area (Å²) >= 11 is 0. The highest BCUT2D eigenvalue weighted by Crippen LogP contribution is 2.15. The summed E-state index contributed by atoms with van der Waals surface area (Å²) in [5, 5.41) is 7.08. The predicted octanol–water partition coefficient (Wildman–Crippen LogP) is 1.83. The zero-order valence-electron chi connectivity index (χ0n) is 18.7. The molecule has 0 aliphatic carbocycles. The van der Waals surface area contributed by atoms with Crippen molar-refractivity contribution in [3.8, 4) is 0 Å². The third-order valence-corrected chi connectivity index (χ3v) is 7.54. The molecule has 2 aliphatic heterocycles. The Morgan fingerprint density at radius 1 is 1.29 bits per heavy atom. The minimum absolute atomic E-state index is 0. The predicted molar refractivity (Wildman–Crippen MR) is 133 cm³/mol. The molecular formula is C20H37IN6O3S. The summed E-state index contributed by atoms with van der Waals surface area (Å²) in [6.07, 6.45) is 5.10. The molecule has 178 valence electrons. The van der Waals surface area contributed by atoms with Gasteiger partial charge in [0, 0.05) is 51.9 Å². The molecule has 1 atom stereocenters. The van der Waals surface area contributed by atoms with Crippen molar-refractivity contribution in [3.63, 3.8) is 0 Å². The lowest BCUT2D eigenvalue weighted by atomic mass is 10.0. The number of piperazine rings is 1. The Bertz CT molecular complexity index is 766. The van der Waals surface area contributed by atoms with Crippen molar-refractivity contribution in [2.24, 2.45) is 10.9 Å². The number of aromatic nitrogens is 1. The van der Waals surface area contributed by atoms with E-state index in [0.29, 0.717) is 31.9 Å². The van der Waals surface area contributed by atoms with Gasteiger partial charge < -0.3 is 19.6 Å². The van der Waals surface area contributed by atoms with Gasteiger partial charge in [-0.25, -0.2) is 8.42 Å². The van der Waals surface area contributed by atoms with Crippen molar-refractivity contribution < 1.29 is 12.9 Å². The third-order valence-electron chi connectivity index (χ3n) is 5.72. The van der Waals surface area contributed by atoms with Crippen LogP contribution in [-0.2, 0) is 15.8 Å². The second kappa shape index (κ2) is 12.9. The molecular weight excluding hydrogens is 531 g/mol. The van der Waals surface area contributed by atoms with Gasteiger partial charge in [-0.2, -0.15) is 4.31 Å². The summed E-state index contributed by atoms with van der Waals surface area (Å²) in [7, 11) is -3.39. The van der Waals surface area contributed by atoms with Gasteiger partial charge >= 0.3 is 0 Å². The maximum absolute atomic E-state index is 12.6. The molecule has 0 amide bonds. The molecule has 0 spiro atoms. The van der Waals surface area contributed by atoms with Crippen LogP contribution >= 0.6 is 24.0 Å². The molecule has 1 N–H and O–H groups in total. The van der Waals surface area contributed by atoms with E-state index in [0.717, 1.165) is 37.9 Å². The van der Waals surface area contributed by atoms with E-state index in [1.165, 1.54) is 32.2 Å². The van der Waals surface area contributed by atoms with E-state index in [4.69, 9.17) is 9.52 Å². The molecule has 31 heavy (non-hydrogen) atoms.